The molecule has 1 aromatic carbocycles. The van der Waals surface area contributed by atoms with Crippen molar-refractivity contribution in [2.75, 3.05) is 11.9 Å². The molecule has 0 unspecified atom stereocenters. The first-order valence-electron chi connectivity index (χ1n) is 4.95. The monoisotopic (exact) mass is 203 g/mol. The molecule has 3 heteroatoms. The molecule has 0 N–H and O–H groups in total. The molecule has 0 bridgehead atoms. The third-order valence-corrected chi connectivity index (χ3v) is 2.67. The highest BCUT2D eigenvalue weighted by molar-refractivity contribution is 6.01. The van der Waals surface area contributed by atoms with E-state index >= 15 is 0 Å². The summed E-state index contributed by atoms with van der Waals surface area (Å²) < 4.78 is 0. The molecule has 0 fully saturated rings. The normalized spacial score (nSPS) is 14.3. The van der Waals surface area contributed by atoms with Gasteiger partial charge in [-0.25, -0.2) is 0 Å². The molecule has 1 aliphatic rings. The van der Waals surface area contributed by atoms with Crippen molar-refractivity contribution < 1.29 is 9.59 Å². The van der Waals surface area contributed by atoms with Crippen molar-refractivity contribution in [1.82, 2.24) is 0 Å². The van der Waals surface area contributed by atoms with Crippen LogP contribution in [0.25, 0.3) is 0 Å². The van der Waals surface area contributed by atoms with Crippen molar-refractivity contribution in [3.8, 4) is 0 Å². The van der Waals surface area contributed by atoms with Crippen LogP contribution in [0.15, 0.2) is 18.2 Å². The highest BCUT2D eigenvalue weighted by Gasteiger charge is 2.23. The second kappa shape index (κ2) is 3.50. The first kappa shape index (κ1) is 9.90. The number of benzene rings is 1. The number of ketones is 1. The molecule has 0 atom stereocenters. The maximum atomic E-state index is 11.4. The van der Waals surface area contributed by atoms with Crippen LogP contribution in [0.5, 0.6) is 0 Å². The predicted octanol–water partition coefficient (Wildman–Crippen LogP) is 1.34. The zero-order chi connectivity index (χ0) is 11.0. The average Bonchev–Trinajstić information content (AvgIpc) is 2.41. The summed E-state index contributed by atoms with van der Waals surface area (Å²) in [5.41, 5.74) is 2.98. The molecule has 1 aromatic rings. The van der Waals surface area contributed by atoms with E-state index in [1.54, 1.807) is 18.9 Å². The summed E-state index contributed by atoms with van der Waals surface area (Å²) in [4.78, 5) is 24.0. The first-order chi connectivity index (χ1) is 7.08. The van der Waals surface area contributed by atoms with Crippen molar-refractivity contribution in [2.24, 2.45) is 0 Å². The Balaban J connectivity index is 2.33. The Morgan fingerprint density at radius 2 is 2.20 bits per heavy atom. The molecule has 0 radical (unpaired) electrons. The summed E-state index contributed by atoms with van der Waals surface area (Å²) in [6.45, 7) is 1.57. The smallest absolute Gasteiger partial charge is 0.231 e. The van der Waals surface area contributed by atoms with Gasteiger partial charge in [0.05, 0.1) is 6.42 Å². The molecule has 0 aliphatic carbocycles. The maximum absolute atomic E-state index is 11.4. The first-order valence-corrected chi connectivity index (χ1v) is 4.95. The van der Waals surface area contributed by atoms with E-state index in [1.807, 2.05) is 18.2 Å². The number of Topliss-reactive ketones (excluding diaryl/α,β-unsaturated/α-hetero) is 1. The zero-order valence-electron chi connectivity index (χ0n) is 8.91. The minimum absolute atomic E-state index is 0.116. The van der Waals surface area contributed by atoms with Crippen LogP contribution in [-0.2, 0) is 22.4 Å². The Kier molecular flexibility index (Phi) is 2.31. The topological polar surface area (TPSA) is 37.4 Å². The fourth-order valence-electron chi connectivity index (χ4n) is 1.92. The van der Waals surface area contributed by atoms with Gasteiger partial charge in [-0.1, -0.05) is 12.1 Å². The van der Waals surface area contributed by atoms with Gasteiger partial charge in [0.25, 0.3) is 0 Å². The van der Waals surface area contributed by atoms with Gasteiger partial charge in [0.15, 0.2) is 0 Å². The minimum atomic E-state index is 0.116. The Morgan fingerprint density at radius 1 is 1.47 bits per heavy atom. The zero-order valence-corrected chi connectivity index (χ0v) is 8.91. The molecule has 15 heavy (non-hydrogen) atoms. The quantitative estimate of drug-likeness (QED) is 0.727. The lowest BCUT2D eigenvalue weighted by atomic mass is 10.0. The van der Waals surface area contributed by atoms with Gasteiger partial charge in [-0.05, 0) is 24.1 Å². The average molecular weight is 203 g/mol. The van der Waals surface area contributed by atoms with Crippen molar-refractivity contribution >= 4 is 17.4 Å². The van der Waals surface area contributed by atoms with Crippen LogP contribution in [0.4, 0.5) is 5.69 Å². The summed E-state index contributed by atoms with van der Waals surface area (Å²) in [6, 6.07) is 5.78. The minimum Gasteiger partial charge on any atom is -0.315 e. The van der Waals surface area contributed by atoms with E-state index in [9.17, 15) is 9.59 Å². The molecule has 1 heterocycles. The number of fused-ring (bicyclic) bond motifs is 1. The van der Waals surface area contributed by atoms with Gasteiger partial charge in [0.2, 0.25) is 5.91 Å². The van der Waals surface area contributed by atoms with E-state index in [4.69, 9.17) is 0 Å². The van der Waals surface area contributed by atoms with Crippen LogP contribution in [0.1, 0.15) is 18.1 Å². The second-order valence-corrected chi connectivity index (χ2v) is 3.97. The van der Waals surface area contributed by atoms with Crippen LogP contribution < -0.4 is 4.90 Å². The number of anilines is 1. The van der Waals surface area contributed by atoms with E-state index in [0.717, 1.165) is 16.8 Å². The molecule has 78 valence electrons. The molecule has 1 aliphatic heterocycles. The van der Waals surface area contributed by atoms with Crippen molar-refractivity contribution in [2.45, 2.75) is 19.8 Å². The summed E-state index contributed by atoms with van der Waals surface area (Å²) in [7, 11) is 1.78. The number of carbonyl (C=O) groups excluding carboxylic acids is 2. The Hall–Kier alpha value is -1.64. The number of carbonyl (C=O) groups is 2. The SMILES string of the molecule is CC(=O)Cc1ccc2c(c1)CC(=O)N2C. The van der Waals surface area contributed by atoms with Crippen molar-refractivity contribution in [1.29, 1.82) is 0 Å². The number of amides is 1. The highest BCUT2D eigenvalue weighted by atomic mass is 16.2. The van der Waals surface area contributed by atoms with E-state index in [-0.39, 0.29) is 11.7 Å². The van der Waals surface area contributed by atoms with Crippen LogP contribution in [-0.4, -0.2) is 18.7 Å². The van der Waals surface area contributed by atoms with Gasteiger partial charge in [-0.3, -0.25) is 9.59 Å². The summed E-state index contributed by atoms with van der Waals surface area (Å²) >= 11 is 0. The molecular weight excluding hydrogens is 190 g/mol. The van der Waals surface area contributed by atoms with Crippen LogP contribution in [0.2, 0.25) is 0 Å². The van der Waals surface area contributed by atoms with Crippen LogP contribution in [0, 0.1) is 0 Å². The molecular formula is C12H13NO2. The van der Waals surface area contributed by atoms with Crippen molar-refractivity contribution in [3.05, 3.63) is 29.3 Å². The molecule has 3 nitrogen and oxygen atoms in total. The van der Waals surface area contributed by atoms with Gasteiger partial charge in [-0.2, -0.15) is 0 Å². The molecule has 0 saturated carbocycles. The Bertz CT molecular complexity index is 437. The molecule has 0 saturated heterocycles. The van der Waals surface area contributed by atoms with Gasteiger partial charge >= 0.3 is 0 Å². The Labute approximate surface area is 88.7 Å². The predicted molar refractivity (Wildman–Crippen MR) is 57.9 cm³/mol. The number of likely N-dealkylation sites (N-methyl/N-ethyl adjacent to an activating group) is 1. The third-order valence-electron chi connectivity index (χ3n) is 2.67. The molecule has 2 rings (SSSR count). The lowest BCUT2D eigenvalue weighted by Gasteiger charge is -2.10. The van der Waals surface area contributed by atoms with Crippen LogP contribution >= 0.6 is 0 Å². The van der Waals surface area contributed by atoms with E-state index in [1.165, 1.54) is 0 Å². The van der Waals surface area contributed by atoms with Gasteiger partial charge in [-0.15, -0.1) is 0 Å². The highest BCUT2D eigenvalue weighted by Crippen LogP contribution is 2.28. The fraction of sp³-hybridized carbons (Fsp3) is 0.333. The van der Waals surface area contributed by atoms with Gasteiger partial charge < -0.3 is 4.90 Å². The number of nitrogens with zero attached hydrogens (tertiary/aromatic N) is 1. The third kappa shape index (κ3) is 1.77. The standard InChI is InChI=1S/C12H13NO2/c1-8(14)5-9-3-4-11-10(6-9)7-12(15)13(11)2/h3-4,6H,5,7H2,1-2H3. The summed E-state index contributed by atoms with van der Waals surface area (Å²) in [5, 5.41) is 0. The number of rotatable bonds is 2. The lowest BCUT2D eigenvalue weighted by Crippen LogP contribution is -2.20. The molecule has 0 spiro atoms. The van der Waals surface area contributed by atoms with Crippen LogP contribution in [0.3, 0.4) is 0 Å². The molecule has 1 amide bonds. The summed E-state index contributed by atoms with van der Waals surface area (Å²) in [6.07, 6.45) is 0.906. The Morgan fingerprint density at radius 3 is 2.87 bits per heavy atom. The van der Waals surface area contributed by atoms with Gasteiger partial charge in [0, 0.05) is 19.2 Å². The van der Waals surface area contributed by atoms with E-state index < -0.39 is 0 Å². The fourth-order valence-corrected chi connectivity index (χ4v) is 1.92. The summed E-state index contributed by atoms with van der Waals surface area (Å²) in [5.74, 6) is 0.262. The van der Waals surface area contributed by atoms with Crippen molar-refractivity contribution in [3.63, 3.8) is 0 Å². The molecule has 0 aromatic heterocycles. The van der Waals surface area contributed by atoms with Gasteiger partial charge in [0.1, 0.15) is 5.78 Å². The second-order valence-electron chi connectivity index (χ2n) is 3.97. The maximum Gasteiger partial charge on any atom is 0.231 e. The van der Waals surface area contributed by atoms with E-state index in [0.29, 0.717) is 12.8 Å². The largest absolute Gasteiger partial charge is 0.315 e. The number of hydrogen-bond acceptors (Lipinski definition) is 2. The number of hydrogen-bond donors (Lipinski definition) is 0. The van der Waals surface area contributed by atoms with E-state index in [2.05, 4.69) is 0 Å². The lowest BCUT2D eigenvalue weighted by molar-refractivity contribution is -0.117.